The number of anilines is 2. The van der Waals surface area contributed by atoms with Crippen LogP contribution in [0.2, 0.25) is 0 Å². The normalized spacial score (nSPS) is 10.1. The molecule has 0 heterocycles. The fourth-order valence-corrected chi connectivity index (χ4v) is 1.87. The van der Waals surface area contributed by atoms with Crippen molar-refractivity contribution in [3.05, 3.63) is 63.7 Å². The number of hydrogen-bond donors (Lipinski definition) is 2. The fraction of sp³-hybridized carbons (Fsp3) is 0.200. The Morgan fingerprint density at radius 2 is 1.75 bits per heavy atom. The number of nitro benzene ring substituents is 1. The highest BCUT2D eigenvalue weighted by Gasteiger charge is 2.09. The summed E-state index contributed by atoms with van der Waals surface area (Å²) >= 11 is 0. The van der Waals surface area contributed by atoms with E-state index in [1.54, 1.807) is 7.05 Å². The Morgan fingerprint density at radius 3 is 2.35 bits per heavy atom. The van der Waals surface area contributed by atoms with Gasteiger partial charge in [-0.3, -0.25) is 10.1 Å². The predicted molar refractivity (Wildman–Crippen MR) is 81.1 cm³/mol. The van der Waals surface area contributed by atoms with Crippen LogP contribution in [0.15, 0.2) is 42.5 Å². The molecule has 2 N–H and O–H groups in total. The molecule has 0 aliphatic rings. The number of nitro groups is 1. The van der Waals surface area contributed by atoms with Crippen molar-refractivity contribution in [2.75, 3.05) is 17.7 Å². The zero-order valence-electron chi connectivity index (χ0n) is 11.5. The largest absolute Gasteiger partial charge is 0.388 e. The van der Waals surface area contributed by atoms with Crippen LogP contribution >= 0.6 is 0 Å². The molecule has 0 spiro atoms. The lowest BCUT2D eigenvalue weighted by molar-refractivity contribution is -0.384. The topological polar surface area (TPSA) is 67.2 Å². The molecule has 0 aromatic heterocycles. The molecule has 20 heavy (non-hydrogen) atoms. The Hall–Kier alpha value is -2.56. The average molecular weight is 271 g/mol. The second-order valence-electron chi connectivity index (χ2n) is 4.61. The molecule has 0 unspecified atom stereocenters. The monoisotopic (exact) mass is 271 g/mol. The van der Waals surface area contributed by atoms with Gasteiger partial charge in [-0.05, 0) is 18.6 Å². The van der Waals surface area contributed by atoms with Gasteiger partial charge in [0, 0.05) is 37.1 Å². The van der Waals surface area contributed by atoms with Crippen LogP contribution in [0.5, 0.6) is 0 Å². The Morgan fingerprint density at radius 1 is 1.10 bits per heavy atom. The lowest BCUT2D eigenvalue weighted by Crippen LogP contribution is -2.01. The first-order valence-electron chi connectivity index (χ1n) is 6.35. The second-order valence-corrected chi connectivity index (χ2v) is 4.61. The highest BCUT2D eigenvalue weighted by Crippen LogP contribution is 2.24. The maximum Gasteiger partial charge on any atom is 0.273 e. The molecule has 0 aliphatic carbocycles. The number of nitrogens with zero attached hydrogens (tertiary/aromatic N) is 1. The van der Waals surface area contributed by atoms with Gasteiger partial charge >= 0.3 is 0 Å². The van der Waals surface area contributed by atoms with E-state index >= 15 is 0 Å². The molecule has 2 rings (SSSR count). The first-order valence-corrected chi connectivity index (χ1v) is 6.35. The summed E-state index contributed by atoms with van der Waals surface area (Å²) in [5, 5.41) is 17.0. The minimum absolute atomic E-state index is 0.0725. The minimum atomic E-state index is -0.391. The van der Waals surface area contributed by atoms with Crippen LogP contribution in [0.4, 0.5) is 17.1 Å². The summed E-state index contributed by atoms with van der Waals surface area (Å²) in [6.45, 7) is 2.67. The summed E-state index contributed by atoms with van der Waals surface area (Å²) in [4.78, 5) is 10.5. The third kappa shape index (κ3) is 3.47. The second kappa shape index (κ2) is 6.06. The van der Waals surface area contributed by atoms with E-state index in [2.05, 4.69) is 10.6 Å². The van der Waals surface area contributed by atoms with Gasteiger partial charge in [-0.2, -0.15) is 0 Å². The molecule has 0 saturated heterocycles. The maximum atomic E-state index is 10.9. The van der Waals surface area contributed by atoms with Crippen molar-refractivity contribution in [2.24, 2.45) is 0 Å². The van der Waals surface area contributed by atoms with Crippen LogP contribution < -0.4 is 10.6 Å². The number of non-ortho nitro benzene ring substituents is 1. The van der Waals surface area contributed by atoms with E-state index in [1.807, 2.05) is 37.3 Å². The summed E-state index contributed by atoms with van der Waals surface area (Å²) < 4.78 is 0. The van der Waals surface area contributed by atoms with Crippen LogP contribution in [-0.4, -0.2) is 12.0 Å². The molecule has 0 amide bonds. The van der Waals surface area contributed by atoms with Gasteiger partial charge in [-0.1, -0.05) is 29.8 Å². The molecule has 0 saturated carbocycles. The third-order valence-electron chi connectivity index (χ3n) is 3.03. The molecule has 104 valence electrons. The number of nitrogens with one attached hydrogen (secondary N) is 2. The standard InChI is InChI=1S/C15H17N3O2/c1-11-3-5-12(6-4-11)10-17-14-7-13(16-2)8-15(9-14)18(19)20/h3-9,16-17H,10H2,1-2H3. The van der Waals surface area contributed by atoms with Crippen molar-refractivity contribution in [2.45, 2.75) is 13.5 Å². The average Bonchev–Trinajstić information content (AvgIpc) is 2.46. The summed E-state index contributed by atoms with van der Waals surface area (Å²) in [6, 6.07) is 13.1. The zero-order chi connectivity index (χ0) is 14.5. The number of hydrogen-bond acceptors (Lipinski definition) is 4. The van der Waals surface area contributed by atoms with E-state index < -0.39 is 4.92 Å². The van der Waals surface area contributed by atoms with Gasteiger partial charge in [-0.25, -0.2) is 0 Å². The first kappa shape index (κ1) is 13.9. The van der Waals surface area contributed by atoms with E-state index in [1.165, 1.54) is 17.7 Å². The molecular formula is C15H17N3O2. The Bertz CT molecular complexity index is 609. The highest BCUT2D eigenvalue weighted by molar-refractivity contribution is 5.63. The van der Waals surface area contributed by atoms with Crippen LogP contribution in [0.3, 0.4) is 0 Å². The number of benzene rings is 2. The maximum absolute atomic E-state index is 10.9. The summed E-state index contributed by atoms with van der Waals surface area (Å²) in [5.41, 5.74) is 3.85. The Balaban J connectivity index is 2.14. The van der Waals surface area contributed by atoms with Gasteiger partial charge < -0.3 is 10.6 Å². The molecule has 0 atom stereocenters. The van der Waals surface area contributed by atoms with Crippen LogP contribution in [0.1, 0.15) is 11.1 Å². The van der Waals surface area contributed by atoms with Crippen molar-refractivity contribution < 1.29 is 4.92 Å². The smallest absolute Gasteiger partial charge is 0.273 e. The zero-order valence-corrected chi connectivity index (χ0v) is 11.5. The van der Waals surface area contributed by atoms with Gasteiger partial charge in [0.2, 0.25) is 0 Å². The van der Waals surface area contributed by atoms with Gasteiger partial charge in [0.25, 0.3) is 5.69 Å². The molecule has 5 heteroatoms. The van der Waals surface area contributed by atoms with Crippen LogP contribution in [0.25, 0.3) is 0 Å². The van der Waals surface area contributed by atoms with Crippen molar-refractivity contribution in [3.8, 4) is 0 Å². The van der Waals surface area contributed by atoms with Crippen LogP contribution in [0, 0.1) is 17.0 Å². The van der Waals surface area contributed by atoms with Gasteiger partial charge in [0.05, 0.1) is 4.92 Å². The quantitative estimate of drug-likeness (QED) is 0.644. The first-order chi connectivity index (χ1) is 9.58. The summed E-state index contributed by atoms with van der Waals surface area (Å²) in [5.74, 6) is 0. The predicted octanol–water partition coefficient (Wildman–Crippen LogP) is 3.56. The lowest BCUT2D eigenvalue weighted by atomic mass is 10.1. The van der Waals surface area contributed by atoms with Crippen molar-refractivity contribution in [3.63, 3.8) is 0 Å². The van der Waals surface area contributed by atoms with Gasteiger partial charge in [0.1, 0.15) is 0 Å². The molecule has 0 aliphatic heterocycles. The van der Waals surface area contributed by atoms with Crippen molar-refractivity contribution in [1.82, 2.24) is 0 Å². The molecule has 0 fully saturated rings. The molecule has 0 radical (unpaired) electrons. The lowest BCUT2D eigenvalue weighted by Gasteiger charge is -2.09. The van der Waals surface area contributed by atoms with E-state index in [0.717, 1.165) is 11.3 Å². The van der Waals surface area contributed by atoms with E-state index in [9.17, 15) is 10.1 Å². The molecule has 0 bridgehead atoms. The van der Waals surface area contributed by atoms with Gasteiger partial charge in [-0.15, -0.1) is 0 Å². The summed E-state index contributed by atoms with van der Waals surface area (Å²) in [7, 11) is 1.74. The third-order valence-corrected chi connectivity index (χ3v) is 3.03. The molecular weight excluding hydrogens is 254 g/mol. The van der Waals surface area contributed by atoms with Crippen molar-refractivity contribution >= 4 is 17.1 Å². The Labute approximate surface area is 117 Å². The molecule has 2 aromatic carbocycles. The van der Waals surface area contributed by atoms with E-state index in [4.69, 9.17) is 0 Å². The molecule has 5 nitrogen and oxygen atoms in total. The van der Waals surface area contributed by atoms with Gasteiger partial charge in [0.15, 0.2) is 0 Å². The number of aryl methyl sites for hydroxylation is 1. The van der Waals surface area contributed by atoms with E-state index in [-0.39, 0.29) is 5.69 Å². The van der Waals surface area contributed by atoms with E-state index in [0.29, 0.717) is 12.2 Å². The minimum Gasteiger partial charge on any atom is -0.388 e. The highest BCUT2D eigenvalue weighted by atomic mass is 16.6. The summed E-state index contributed by atoms with van der Waals surface area (Å²) in [6.07, 6.45) is 0. The SMILES string of the molecule is CNc1cc(NCc2ccc(C)cc2)cc([N+](=O)[O-])c1. The molecule has 2 aromatic rings. The number of rotatable bonds is 5. The fourth-order valence-electron chi connectivity index (χ4n) is 1.87. The Kier molecular flexibility index (Phi) is 4.20. The van der Waals surface area contributed by atoms with Crippen LogP contribution in [-0.2, 0) is 6.54 Å². The van der Waals surface area contributed by atoms with Crippen molar-refractivity contribution in [1.29, 1.82) is 0 Å².